The minimum atomic E-state index is 0.128. The number of hydrogen-bond acceptors (Lipinski definition) is 2. The molecule has 0 spiro atoms. The summed E-state index contributed by atoms with van der Waals surface area (Å²) in [6.45, 7) is 2.23. The fraction of sp³-hybridized carbons (Fsp3) is 0.533. The van der Waals surface area contributed by atoms with Gasteiger partial charge < -0.3 is 5.32 Å². The van der Waals surface area contributed by atoms with Crippen molar-refractivity contribution in [2.24, 2.45) is 5.92 Å². The van der Waals surface area contributed by atoms with E-state index in [1.54, 1.807) is 0 Å². The van der Waals surface area contributed by atoms with E-state index in [1.165, 1.54) is 31.0 Å². The van der Waals surface area contributed by atoms with Crippen molar-refractivity contribution in [3.05, 3.63) is 29.3 Å². The highest BCUT2D eigenvalue weighted by Crippen LogP contribution is 2.24. The molecule has 0 radical (unpaired) electrons. The molecule has 19 heavy (non-hydrogen) atoms. The largest absolute Gasteiger partial charge is 0.352 e. The lowest BCUT2D eigenvalue weighted by Gasteiger charge is -2.29. The number of rotatable bonds is 4. The van der Waals surface area contributed by atoms with Gasteiger partial charge in [-0.2, -0.15) is 0 Å². The smallest absolute Gasteiger partial charge is 0.230 e. The number of benzene rings is 1. The fourth-order valence-corrected chi connectivity index (χ4v) is 3.51. The standard InChI is InChI=1S/C15H20ClNOS/c1-11-5-2-3-8-14(11)17-15(18)10-19-13-7-4-6-12(16)9-13/h4,6-7,9,11,14H,2-3,5,8,10H2,1H3,(H,17,18)/t11-,14+/m1/s1. The molecule has 1 aromatic carbocycles. The molecular formula is C15H20ClNOS. The van der Waals surface area contributed by atoms with Crippen LogP contribution in [0, 0.1) is 5.92 Å². The third-order valence-electron chi connectivity index (χ3n) is 3.62. The summed E-state index contributed by atoms with van der Waals surface area (Å²) in [5, 5.41) is 3.87. The Morgan fingerprint density at radius 3 is 2.95 bits per heavy atom. The average molecular weight is 298 g/mol. The molecule has 0 unspecified atom stereocenters. The number of hydrogen-bond donors (Lipinski definition) is 1. The van der Waals surface area contributed by atoms with Crippen molar-refractivity contribution in [3.8, 4) is 0 Å². The van der Waals surface area contributed by atoms with E-state index in [1.807, 2.05) is 24.3 Å². The second-order valence-corrected chi connectivity index (χ2v) is 6.67. The minimum Gasteiger partial charge on any atom is -0.352 e. The molecule has 0 aliphatic heterocycles. The van der Waals surface area contributed by atoms with Crippen LogP contribution >= 0.6 is 23.4 Å². The van der Waals surface area contributed by atoms with Gasteiger partial charge in [0, 0.05) is 16.0 Å². The van der Waals surface area contributed by atoms with Crippen LogP contribution in [0.2, 0.25) is 5.02 Å². The molecule has 1 fully saturated rings. The van der Waals surface area contributed by atoms with Gasteiger partial charge in [-0.05, 0) is 37.0 Å². The first-order valence-corrected chi connectivity index (χ1v) is 8.19. The molecule has 4 heteroatoms. The maximum Gasteiger partial charge on any atom is 0.230 e. The van der Waals surface area contributed by atoms with E-state index in [0.717, 1.165) is 11.3 Å². The molecule has 0 heterocycles. The molecule has 1 N–H and O–H groups in total. The third-order valence-corrected chi connectivity index (χ3v) is 4.85. The van der Waals surface area contributed by atoms with Crippen LogP contribution in [-0.4, -0.2) is 17.7 Å². The molecular weight excluding hydrogens is 278 g/mol. The fourth-order valence-electron chi connectivity index (χ4n) is 2.48. The summed E-state index contributed by atoms with van der Waals surface area (Å²) in [4.78, 5) is 13.0. The molecule has 1 aliphatic carbocycles. The number of thioether (sulfide) groups is 1. The SMILES string of the molecule is C[C@@H]1CCCC[C@@H]1NC(=O)CSc1cccc(Cl)c1. The zero-order valence-electron chi connectivity index (χ0n) is 11.2. The van der Waals surface area contributed by atoms with Crippen molar-refractivity contribution in [2.75, 3.05) is 5.75 Å². The molecule has 2 rings (SSSR count). The zero-order chi connectivity index (χ0) is 13.7. The summed E-state index contributed by atoms with van der Waals surface area (Å²) < 4.78 is 0. The summed E-state index contributed by atoms with van der Waals surface area (Å²) in [5.41, 5.74) is 0. The first-order chi connectivity index (χ1) is 9.15. The number of nitrogens with one attached hydrogen (secondary N) is 1. The number of carbonyl (C=O) groups excluding carboxylic acids is 1. The van der Waals surface area contributed by atoms with E-state index in [9.17, 15) is 4.79 Å². The van der Waals surface area contributed by atoms with Crippen LogP contribution in [0.1, 0.15) is 32.6 Å². The Hall–Kier alpha value is -0.670. The van der Waals surface area contributed by atoms with Crippen molar-refractivity contribution in [1.82, 2.24) is 5.32 Å². The molecule has 1 amide bonds. The van der Waals surface area contributed by atoms with Gasteiger partial charge >= 0.3 is 0 Å². The van der Waals surface area contributed by atoms with E-state index < -0.39 is 0 Å². The van der Waals surface area contributed by atoms with Gasteiger partial charge in [-0.1, -0.05) is 37.4 Å². The van der Waals surface area contributed by atoms with E-state index in [2.05, 4.69) is 12.2 Å². The van der Waals surface area contributed by atoms with E-state index in [-0.39, 0.29) is 5.91 Å². The van der Waals surface area contributed by atoms with Crippen LogP contribution < -0.4 is 5.32 Å². The summed E-state index contributed by atoms with van der Waals surface area (Å²) in [6.07, 6.45) is 4.88. The molecule has 2 atom stereocenters. The van der Waals surface area contributed by atoms with Crippen LogP contribution in [0.25, 0.3) is 0 Å². The van der Waals surface area contributed by atoms with Gasteiger partial charge in [-0.3, -0.25) is 4.79 Å². The van der Waals surface area contributed by atoms with Crippen LogP contribution in [0.15, 0.2) is 29.2 Å². The quantitative estimate of drug-likeness (QED) is 0.847. The van der Waals surface area contributed by atoms with Gasteiger partial charge in [0.1, 0.15) is 0 Å². The maximum absolute atomic E-state index is 12.0. The number of amides is 1. The maximum atomic E-state index is 12.0. The van der Waals surface area contributed by atoms with Crippen molar-refractivity contribution in [3.63, 3.8) is 0 Å². The molecule has 1 saturated carbocycles. The highest BCUT2D eigenvalue weighted by molar-refractivity contribution is 8.00. The van der Waals surface area contributed by atoms with Crippen LogP contribution in [0.4, 0.5) is 0 Å². The van der Waals surface area contributed by atoms with Crippen molar-refractivity contribution in [1.29, 1.82) is 0 Å². The Labute approximate surface area is 124 Å². The van der Waals surface area contributed by atoms with Crippen LogP contribution in [-0.2, 0) is 4.79 Å². The molecule has 1 aliphatic rings. The second-order valence-electron chi connectivity index (χ2n) is 5.18. The van der Waals surface area contributed by atoms with E-state index >= 15 is 0 Å². The molecule has 0 bridgehead atoms. The Morgan fingerprint density at radius 1 is 1.42 bits per heavy atom. The number of halogens is 1. The normalized spacial score (nSPS) is 23.1. The molecule has 104 valence electrons. The Balaban J connectivity index is 1.78. The third kappa shape index (κ3) is 4.73. The summed E-state index contributed by atoms with van der Waals surface area (Å²) in [6, 6.07) is 7.98. The lowest BCUT2D eigenvalue weighted by molar-refractivity contribution is -0.119. The summed E-state index contributed by atoms with van der Waals surface area (Å²) >= 11 is 7.46. The first-order valence-electron chi connectivity index (χ1n) is 6.83. The van der Waals surface area contributed by atoms with E-state index in [0.29, 0.717) is 22.7 Å². The number of carbonyl (C=O) groups is 1. The van der Waals surface area contributed by atoms with Gasteiger partial charge in [0.05, 0.1) is 5.75 Å². The highest BCUT2D eigenvalue weighted by atomic mass is 35.5. The summed E-state index contributed by atoms with van der Waals surface area (Å²) in [7, 11) is 0. The van der Waals surface area contributed by atoms with Gasteiger partial charge in [-0.15, -0.1) is 11.8 Å². The molecule has 0 aromatic heterocycles. The predicted octanol–water partition coefficient (Wildman–Crippen LogP) is 4.13. The average Bonchev–Trinajstić information content (AvgIpc) is 2.39. The van der Waals surface area contributed by atoms with Gasteiger partial charge in [0.2, 0.25) is 5.91 Å². The summed E-state index contributed by atoms with van der Waals surface area (Å²) in [5.74, 6) is 1.20. The lowest BCUT2D eigenvalue weighted by atomic mass is 9.86. The van der Waals surface area contributed by atoms with E-state index in [4.69, 9.17) is 11.6 Å². The topological polar surface area (TPSA) is 29.1 Å². The van der Waals surface area contributed by atoms with Gasteiger partial charge in [0.15, 0.2) is 0 Å². The second kappa shape index (κ2) is 7.20. The first kappa shape index (κ1) is 14.7. The Kier molecular flexibility index (Phi) is 5.59. The van der Waals surface area contributed by atoms with Gasteiger partial charge in [0.25, 0.3) is 0 Å². The molecule has 2 nitrogen and oxygen atoms in total. The molecule has 1 aromatic rings. The highest BCUT2D eigenvalue weighted by Gasteiger charge is 2.22. The van der Waals surface area contributed by atoms with Crippen LogP contribution in [0.3, 0.4) is 0 Å². The molecule has 0 saturated heterocycles. The van der Waals surface area contributed by atoms with Crippen molar-refractivity contribution < 1.29 is 4.79 Å². The zero-order valence-corrected chi connectivity index (χ0v) is 12.8. The Bertz CT molecular complexity index is 438. The van der Waals surface area contributed by atoms with Crippen molar-refractivity contribution >= 4 is 29.3 Å². The van der Waals surface area contributed by atoms with Crippen molar-refractivity contribution in [2.45, 2.75) is 43.5 Å². The lowest BCUT2D eigenvalue weighted by Crippen LogP contribution is -2.41. The minimum absolute atomic E-state index is 0.128. The Morgan fingerprint density at radius 2 is 2.21 bits per heavy atom. The van der Waals surface area contributed by atoms with Gasteiger partial charge in [-0.25, -0.2) is 0 Å². The predicted molar refractivity (Wildman–Crippen MR) is 81.7 cm³/mol. The monoisotopic (exact) mass is 297 g/mol. The van der Waals surface area contributed by atoms with Crippen LogP contribution in [0.5, 0.6) is 0 Å².